The molecule has 0 nitrogen and oxygen atoms in total. The largest absolute Gasteiger partial charge is 0.0840 e. The molecule has 0 aromatic rings. The van der Waals surface area contributed by atoms with E-state index in [1.807, 2.05) is 0 Å². The summed E-state index contributed by atoms with van der Waals surface area (Å²) in [6.07, 6.45) is 6.23. The summed E-state index contributed by atoms with van der Waals surface area (Å²) in [7, 11) is 0. The van der Waals surface area contributed by atoms with Crippen molar-refractivity contribution < 1.29 is 0 Å². The lowest BCUT2D eigenvalue weighted by Gasteiger charge is -2.16. The van der Waals surface area contributed by atoms with E-state index in [1.165, 1.54) is 6.42 Å². The topological polar surface area (TPSA) is 0 Å². The number of alkyl halides is 2. The van der Waals surface area contributed by atoms with Gasteiger partial charge >= 0.3 is 0 Å². The van der Waals surface area contributed by atoms with Crippen LogP contribution in [0.1, 0.15) is 6.42 Å². The highest BCUT2D eigenvalue weighted by atomic mass is 127. The number of fused-ring (bicyclic) bond motifs is 2. The molecule has 2 bridgehead atoms. The van der Waals surface area contributed by atoms with Crippen LogP contribution in [0.3, 0.4) is 0 Å². The van der Waals surface area contributed by atoms with Gasteiger partial charge < -0.3 is 0 Å². The number of allylic oxidation sites excluding steroid dienone is 2. The average molecular weight is 346 g/mol. The third-order valence-electron chi connectivity index (χ3n) is 2.27. The molecule has 0 spiro atoms. The second-order valence-electron chi connectivity index (χ2n) is 2.84. The lowest BCUT2D eigenvalue weighted by molar-refractivity contribution is 0.702. The fourth-order valence-electron chi connectivity index (χ4n) is 1.70. The molecule has 50 valence electrons. The van der Waals surface area contributed by atoms with Crippen LogP contribution in [-0.4, -0.2) is 7.85 Å². The summed E-state index contributed by atoms with van der Waals surface area (Å²) in [6.45, 7) is 0. The Morgan fingerprint density at radius 2 is 1.44 bits per heavy atom. The molecule has 0 saturated heterocycles. The van der Waals surface area contributed by atoms with Gasteiger partial charge in [0.2, 0.25) is 0 Å². The van der Waals surface area contributed by atoms with Crippen molar-refractivity contribution >= 4 is 45.2 Å². The lowest BCUT2D eigenvalue weighted by Crippen LogP contribution is -2.17. The van der Waals surface area contributed by atoms with Crippen LogP contribution < -0.4 is 0 Å². The summed E-state index contributed by atoms with van der Waals surface area (Å²) in [5.74, 6) is 1.83. The molecule has 2 rings (SSSR count). The second kappa shape index (κ2) is 2.36. The average Bonchev–Trinajstić information content (AvgIpc) is 2.37. The maximum absolute atomic E-state index is 2.59. The van der Waals surface area contributed by atoms with E-state index in [4.69, 9.17) is 0 Å². The number of rotatable bonds is 0. The zero-order chi connectivity index (χ0) is 6.43. The highest BCUT2D eigenvalue weighted by Crippen LogP contribution is 2.47. The third-order valence-corrected chi connectivity index (χ3v) is 7.05. The Bertz CT molecular complexity index is 137. The molecule has 1 saturated carbocycles. The minimum atomic E-state index is 0.914. The van der Waals surface area contributed by atoms with Crippen LogP contribution in [0.4, 0.5) is 0 Å². The second-order valence-corrected chi connectivity index (χ2v) is 5.71. The van der Waals surface area contributed by atoms with Gasteiger partial charge in [0.05, 0.1) is 0 Å². The van der Waals surface area contributed by atoms with E-state index < -0.39 is 0 Å². The standard InChI is InChI=1S/C7H8I2/c8-6-4-1-2-5(3-4)7(6)9/h1-2,4-7H,3H2/t4-,5+,6?,7?. The predicted octanol–water partition coefficient (Wildman–Crippen LogP) is 2.80. The van der Waals surface area contributed by atoms with Crippen molar-refractivity contribution in [1.82, 2.24) is 0 Å². The van der Waals surface area contributed by atoms with Gasteiger partial charge in [0.15, 0.2) is 0 Å². The summed E-state index contributed by atoms with van der Waals surface area (Å²) in [6, 6.07) is 0. The van der Waals surface area contributed by atoms with Crippen LogP contribution >= 0.6 is 45.2 Å². The number of hydrogen-bond donors (Lipinski definition) is 0. The van der Waals surface area contributed by atoms with Gasteiger partial charge in [0.1, 0.15) is 0 Å². The van der Waals surface area contributed by atoms with Crippen LogP contribution in [0.5, 0.6) is 0 Å². The van der Waals surface area contributed by atoms with E-state index in [0.717, 1.165) is 19.7 Å². The quantitative estimate of drug-likeness (QED) is 0.360. The monoisotopic (exact) mass is 346 g/mol. The molecule has 2 heteroatoms. The molecule has 2 unspecified atom stereocenters. The van der Waals surface area contributed by atoms with Crippen molar-refractivity contribution in [3.05, 3.63) is 12.2 Å². The summed E-state index contributed by atoms with van der Waals surface area (Å²) >= 11 is 5.18. The van der Waals surface area contributed by atoms with E-state index in [1.54, 1.807) is 0 Å². The van der Waals surface area contributed by atoms with Crippen LogP contribution in [0.2, 0.25) is 0 Å². The Balaban J connectivity index is 2.26. The molecule has 1 fully saturated rings. The Kier molecular flexibility index (Phi) is 1.80. The highest BCUT2D eigenvalue weighted by Gasteiger charge is 2.41. The van der Waals surface area contributed by atoms with Crippen molar-refractivity contribution in [2.45, 2.75) is 14.3 Å². The molecule has 0 aromatic heterocycles. The maximum Gasteiger partial charge on any atom is 0.0296 e. The Labute approximate surface area is 82.8 Å². The lowest BCUT2D eigenvalue weighted by atomic mass is 10.1. The molecule has 0 amide bonds. The Morgan fingerprint density at radius 1 is 1.00 bits per heavy atom. The minimum Gasteiger partial charge on any atom is -0.0840 e. The predicted molar refractivity (Wildman–Crippen MR) is 56.4 cm³/mol. The van der Waals surface area contributed by atoms with Gasteiger partial charge in [-0.05, 0) is 18.3 Å². The van der Waals surface area contributed by atoms with Gasteiger partial charge in [-0.25, -0.2) is 0 Å². The molecule has 0 heterocycles. The first-order valence-corrected chi connectivity index (χ1v) is 5.74. The molecule has 0 N–H and O–H groups in total. The van der Waals surface area contributed by atoms with Crippen molar-refractivity contribution in [3.8, 4) is 0 Å². The smallest absolute Gasteiger partial charge is 0.0296 e. The highest BCUT2D eigenvalue weighted by molar-refractivity contribution is 14.1. The number of halogens is 2. The Hall–Kier alpha value is 1.20. The van der Waals surface area contributed by atoms with Gasteiger partial charge in [0.25, 0.3) is 0 Å². The van der Waals surface area contributed by atoms with Crippen molar-refractivity contribution in [1.29, 1.82) is 0 Å². The van der Waals surface area contributed by atoms with Gasteiger partial charge in [-0.1, -0.05) is 57.3 Å². The molecule has 2 aliphatic carbocycles. The van der Waals surface area contributed by atoms with Gasteiger partial charge in [0, 0.05) is 7.85 Å². The third kappa shape index (κ3) is 0.968. The molecular formula is C7H8I2. The summed E-state index contributed by atoms with van der Waals surface area (Å²) in [4.78, 5) is 0. The molecule has 0 radical (unpaired) electrons. The SMILES string of the molecule is IC1C(I)[C@H]2C=C[C@@H]1C2. The first-order chi connectivity index (χ1) is 4.29. The van der Waals surface area contributed by atoms with E-state index >= 15 is 0 Å². The first kappa shape index (κ1) is 6.88. The maximum atomic E-state index is 2.59. The molecule has 0 aliphatic heterocycles. The summed E-state index contributed by atoms with van der Waals surface area (Å²) < 4.78 is 1.83. The van der Waals surface area contributed by atoms with Crippen LogP contribution in [0.15, 0.2) is 12.2 Å². The first-order valence-electron chi connectivity index (χ1n) is 3.25. The summed E-state index contributed by atoms with van der Waals surface area (Å²) in [5.41, 5.74) is 0. The van der Waals surface area contributed by atoms with Crippen molar-refractivity contribution in [2.75, 3.05) is 0 Å². The zero-order valence-electron chi connectivity index (χ0n) is 4.93. The van der Waals surface area contributed by atoms with Gasteiger partial charge in [-0.3, -0.25) is 0 Å². The van der Waals surface area contributed by atoms with E-state index in [2.05, 4.69) is 57.3 Å². The Morgan fingerprint density at radius 3 is 1.67 bits per heavy atom. The van der Waals surface area contributed by atoms with Crippen LogP contribution in [-0.2, 0) is 0 Å². The molecule has 4 atom stereocenters. The van der Waals surface area contributed by atoms with E-state index in [-0.39, 0.29) is 0 Å². The van der Waals surface area contributed by atoms with Crippen LogP contribution in [0, 0.1) is 11.8 Å². The molecule has 2 aliphatic rings. The summed E-state index contributed by atoms with van der Waals surface area (Å²) in [5, 5.41) is 0. The fraction of sp³-hybridized carbons (Fsp3) is 0.714. The molecule has 0 aromatic carbocycles. The van der Waals surface area contributed by atoms with Crippen molar-refractivity contribution in [2.24, 2.45) is 11.8 Å². The van der Waals surface area contributed by atoms with E-state index in [9.17, 15) is 0 Å². The zero-order valence-corrected chi connectivity index (χ0v) is 9.24. The normalized spacial score (nSPS) is 54.9. The minimum absolute atomic E-state index is 0.914. The van der Waals surface area contributed by atoms with Crippen LogP contribution in [0.25, 0.3) is 0 Å². The number of hydrogen-bond acceptors (Lipinski definition) is 0. The van der Waals surface area contributed by atoms with Gasteiger partial charge in [-0.15, -0.1) is 0 Å². The molecular weight excluding hydrogens is 338 g/mol. The van der Waals surface area contributed by atoms with Crippen molar-refractivity contribution in [3.63, 3.8) is 0 Å². The van der Waals surface area contributed by atoms with Gasteiger partial charge in [-0.2, -0.15) is 0 Å². The van der Waals surface area contributed by atoms with E-state index in [0.29, 0.717) is 0 Å². The molecule has 9 heavy (non-hydrogen) atoms. The fourth-order valence-corrected chi connectivity index (χ4v) is 3.83.